The maximum absolute atomic E-state index is 5.57. The number of nitrogens with zero attached hydrogens (tertiary/aromatic N) is 2. The van der Waals surface area contributed by atoms with Gasteiger partial charge in [0, 0.05) is 13.1 Å². The molecule has 0 aliphatic carbocycles. The van der Waals surface area contributed by atoms with Gasteiger partial charge in [-0.1, -0.05) is 13.8 Å². The molecular weight excluding hydrogens is 190 g/mol. The molecule has 0 aliphatic heterocycles. The van der Waals surface area contributed by atoms with Crippen LogP contribution in [0.15, 0.2) is 6.20 Å². The molecule has 0 bridgehead atoms. The zero-order chi connectivity index (χ0) is 11.4. The largest absolute Gasteiger partial charge is 0.464 e. The molecular formula is C11H21N3O. The Morgan fingerprint density at radius 2 is 2.07 bits per heavy atom. The van der Waals surface area contributed by atoms with Crippen LogP contribution in [0.5, 0.6) is 6.01 Å². The van der Waals surface area contributed by atoms with Crippen molar-refractivity contribution in [2.45, 2.75) is 33.7 Å². The molecule has 0 atom stereocenters. The number of aromatic nitrogens is 2. The normalized spacial score (nSPS) is 11.1. The number of nitrogens with one attached hydrogen (secondary N) is 1. The maximum atomic E-state index is 5.57. The SMILES string of the molecule is CC(C)COc1ncc(NC(C)C)n1C. The van der Waals surface area contributed by atoms with Crippen molar-refractivity contribution in [3.8, 4) is 6.01 Å². The average Bonchev–Trinajstić information content (AvgIpc) is 2.44. The predicted molar refractivity (Wildman–Crippen MR) is 62.3 cm³/mol. The highest BCUT2D eigenvalue weighted by Crippen LogP contribution is 2.16. The smallest absolute Gasteiger partial charge is 0.297 e. The van der Waals surface area contributed by atoms with Gasteiger partial charge in [-0.2, -0.15) is 0 Å². The highest BCUT2D eigenvalue weighted by molar-refractivity contribution is 5.37. The van der Waals surface area contributed by atoms with Crippen molar-refractivity contribution in [2.24, 2.45) is 13.0 Å². The van der Waals surface area contributed by atoms with Crippen molar-refractivity contribution in [1.82, 2.24) is 9.55 Å². The molecule has 4 nitrogen and oxygen atoms in total. The van der Waals surface area contributed by atoms with E-state index in [1.54, 1.807) is 6.20 Å². The van der Waals surface area contributed by atoms with Crippen LogP contribution >= 0.6 is 0 Å². The minimum atomic E-state index is 0.401. The fourth-order valence-electron chi connectivity index (χ4n) is 1.20. The third-order valence-electron chi connectivity index (χ3n) is 1.93. The highest BCUT2D eigenvalue weighted by Gasteiger charge is 2.08. The highest BCUT2D eigenvalue weighted by atomic mass is 16.5. The fraction of sp³-hybridized carbons (Fsp3) is 0.727. The van der Waals surface area contributed by atoms with Gasteiger partial charge in [0.05, 0.1) is 12.8 Å². The molecule has 4 heteroatoms. The zero-order valence-electron chi connectivity index (χ0n) is 10.2. The van der Waals surface area contributed by atoms with Gasteiger partial charge < -0.3 is 10.1 Å². The molecule has 0 radical (unpaired) electrons. The Balaban J connectivity index is 2.63. The minimum Gasteiger partial charge on any atom is -0.464 e. The van der Waals surface area contributed by atoms with Gasteiger partial charge in [0.1, 0.15) is 5.82 Å². The van der Waals surface area contributed by atoms with Gasteiger partial charge in [-0.25, -0.2) is 4.98 Å². The second kappa shape index (κ2) is 5.05. The lowest BCUT2D eigenvalue weighted by Crippen LogP contribution is -2.13. The molecule has 15 heavy (non-hydrogen) atoms. The summed E-state index contributed by atoms with van der Waals surface area (Å²) in [4.78, 5) is 4.22. The zero-order valence-corrected chi connectivity index (χ0v) is 10.2. The van der Waals surface area contributed by atoms with E-state index >= 15 is 0 Å². The topological polar surface area (TPSA) is 39.1 Å². The summed E-state index contributed by atoms with van der Waals surface area (Å²) < 4.78 is 7.51. The van der Waals surface area contributed by atoms with Crippen molar-refractivity contribution >= 4 is 5.82 Å². The van der Waals surface area contributed by atoms with E-state index in [-0.39, 0.29) is 0 Å². The van der Waals surface area contributed by atoms with Crippen molar-refractivity contribution in [3.05, 3.63) is 6.20 Å². The molecule has 1 aromatic heterocycles. The molecule has 0 spiro atoms. The minimum absolute atomic E-state index is 0.401. The molecule has 1 aromatic rings. The predicted octanol–water partition coefficient (Wildman–Crippen LogP) is 2.28. The van der Waals surface area contributed by atoms with Crippen LogP contribution in [0, 0.1) is 5.92 Å². The van der Waals surface area contributed by atoms with Crippen LogP contribution < -0.4 is 10.1 Å². The maximum Gasteiger partial charge on any atom is 0.297 e. The summed E-state index contributed by atoms with van der Waals surface area (Å²) in [5, 5.41) is 3.30. The van der Waals surface area contributed by atoms with Crippen LogP contribution in [0.1, 0.15) is 27.7 Å². The summed E-state index contributed by atoms with van der Waals surface area (Å²) >= 11 is 0. The molecule has 1 N–H and O–H groups in total. The molecule has 0 aromatic carbocycles. The Morgan fingerprint density at radius 1 is 1.40 bits per heavy atom. The molecule has 0 fully saturated rings. The van der Waals surface area contributed by atoms with Gasteiger partial charge in [0.25, 0.3) is 6.01 Å². The van der Waals surface area contributed by atoms with Gasteiger partial charge in [0.2, 0.25) is 0 Å². The van der Waals surface area contributed by atoms with E-state index in [2.05, 4.69) is 38.0 Å². The quantitative estimate of drug-likeness (QED) is 0.812. The first kappa shape index (κ1) is 11.9. The second-order valence-electron chi connectivity index (χ2n) is 4.49. The summed E-state index contributed by atoms with van der Waals surface area (Å²) in [6.07, 6.45) is 1.80. The lowest BCUT2D eigenvalue weighted by atomic mass is 10.2. The molecule has 1 rings (SSSR count). The van der Waals surface area contributed by atoms with Crippen molar-refractivity contribution < 1.29 is 4.74 Å². The first-order valence-corrected chi connectivity index (χ1v) is 5.41. The Morgan fingerprint density at radius 3 is 2.60 bits per heavy atom. The van der Waals surface area contributed by atoms with E-state index in [1.165, 1.54) is 0 Å². The summed E-state index contributed by atoms with van der Waals surface area (Å²) in [6.45, 7) is 9.14. The molecule has 0 amide bonds. The van der Waals surface area contributed by atoms with Gasteiger partial charge in [-0.3, -0.25) is 4.57 Å². The van der Waals surface area contributed by atoms with Gasteiger partial charge in [0.15, 0.2) is 0 Å². The molecule has 0 saturated heterocycles. The standard InChI is InChI=1S/C11H21N3O/c1-8(2)7-15-11-12-6-10(14(11)5)13-9(3)4/h6,8-9,13H,7H2,1-5H3. The van der Waals surface area contributed by atoms with Crippen molar-refractivity contribution in [3.63, 3.8) is 0 Å². The number of rotatable bonds is 5. The molecule has 0 aliphatic rings. The first-order chi connectivity index (χ1) is 7.00. The second-order valence-corrected chi connectivity index (χ2v) is 4.49. The van der Waals surface area contributed by atoms with Gasteiger partial charge >= 0.3 is 0 Å². The van der Waals surface area contributed by atoms with Crippen LogP contribution in [-0.4, -0.2) is 22.2 Å². The summed E-state index contributed by atoms with van der Waals surface area (Å²) in [5.74, 6) is 1.51. The van der Waals surface area contributed by atoms with E-state index in [9.17, 15) is 0 Å². The van der Waals surface area contributed by atoms with Crippen molar-refractivity contribution in [1.29, 1.82) is 0 Å². The van der Waals surface area contributed by atoms with Gasteiger partial charge in [-0.15, -0.1) is 0 Å². The monoisotopic (exact) mass is 211 g/mol. The lowest BCUT2D eigenvalue weighted by molar-refractivity contribution is 0.244. The fourth-order valence-corrected chi connectivity index (χ4v) is 1.20. The van der Waals surface area contributed by atoms with Crippen LogP contribution in [0.3, 0.4) is 0 Å². The van der Waals surface area contributed by atoms with Crippen molar-refractivity contribution in [2.75, 3.05) is 11.9 Å². The summed E-state index contributed by atoms with van der Waals surface area (Å²) in [6, 6.07) is 1.07. The summed E-state index contributed by atoms with van der Waals surface area (Å²) in [7, 11) is 1.95. The number of imidazole rings is 1. The Kier molecular flexibility index (Phi) is 4.00. The summed E-state index contributed by atoms with van der Waals surface area (Å²) in [5.41, 5.74) is 0. The Labute approximate surface area is 91.7 Å². The molecule has 0 saturated carbocycles. The van der Waals surface area contributed by atoms with Crippen LogP contribution in [0.4, 0.5) is 5.82 Å². The van der Waals surface area contributed by atoms with E-state index in [4.69, 9.17) is 4.74 Å². The number of ether oxygens (including phenoxy) is 1. The van der Waals surface area contributed by atoms with Crippen LogP contribution in [0.25, 0.3) is 0 Å². The Bertz CT molecular complexity index is 305. The number of hydrogen-bond acceptors (Lipinski definition) is 3. The third kappa shape index (κ3) is 3.46. The Hall–Kier alpha value is -1.19. The number of anilines is 1. The third-order valence-corrected chi connectivity index (χ3v) is 1.93. The van der Waals surface area contributed by atoms with Crippen LogP contribution in [0.2, 0.25) is 0 Å². The first-order valence-electron chi connectivity index (χ1n) is 5.41. The van der Waals surface area contributed by atoms with E-state index < -0.39 is 0 Å². The van der Waals surface area contributed by atoms with E-state index in [0.717, 1.165) is 5.82 Å². The van der Waals surface area contributed by atoms with E-state index in [0.29, 0.717) is 24.6 Å². The molecule has 0 unspecified atom stereocenters. The molecule has 86 valence electrons. The number of hydrogen-bond donors (Lipinski definition) is 1. The average molecular weight is 211 g/mol. The molecule has 1 heterocycles. The van der Waals surface area contributed by atoms with Gasteiger partial charge in [-0.05, 0) is 19.8 Å². The van der Waals surface area contributed by atoms with Crippen LogP contribution in [-0.2, 0) is 7.05 Å². The lowest BCUT2D eigenvalue weighted by Gasteiger charge is -2.12. The van der Waals surface area contributed by atoms with E-state index in [1.807, 2.05) is 11.6 Å².